The van der Waals surface area contributed by atoms with Crippen molar-refractivity contribution in [2.75, 3.05) is 0 Å². The largest absolute Gasteiger partial charge is 0.247 e. The molecule has 0 amide bonds. The first-order chi connectivity index (χ1) is 13.4. The van der Waals surface area contributed by atoms with Crippen LogP contribution in [-0.2, 0) is 0 Å². The Bertz CT molecular complexity index is 1090. The Morgan fingerprint density at radius 2 is 1.68 bits per heavy atom. The van der Waals surface area contributed by atoms with Gasteiger partial charge in [0.25, 0.3) is 0 Å². The van der Waals surface area contributed by atoms with Gasteiger partial charge in [0.15, 0.2) is 0 Å². The summed E-state index contributed by atoms with van der Waals surface area (Å²) in [5.74, 6) is 0.443. The van der Waals surface area contributed by atoms with E-state index < -0.39 is 5.67 Å². The lowest BCUT2D eigenvalue weighted by Crippen LogP contribution is -2.25. The second kappa shape index (κ2) is 6.27. The smallest absolute Gasteiger partial charge is 0.108 e. The first-order valence-corrected chi connectivity index (χ1v) is 10.3. The lowest BCUT2D eigenvalue weighted by Gasteiger charge is -2.32. The molecule has 1 nitrogen and oxygen atoms in total. The molecule has 3 aromatic rings. The highest BCUT2D eigenvalue weighted by atomic mass is 19.1. The second-order valence-electron chi connectivity index (χ2n) is 8.93. The van der Waals surface area contributed by atoms with Gasteiger partial charge < -0.3 is 0 Å². The fraction of sp³-hybridized carbons (Fsp3) is 0.346. The third-order valence-electron chi connectivity index (χ3n) is 6.50. The Morgan fingerprint density at radius 1 is 0.964 bits per heavy atom. The number of benzene rings is 3. The molecule has 1 saturated carbocycles. The van der Waals surface area contributed by atoms with Gasteiger partial charge in [-0.1, -0.05) is 41.5 Å². The van der Waals surface area contributed by atoms with Crippen LogP contribution in [0.25, 0.3) is 10.8 Å². The van der Waals surface area contributed by atoms with E-state index in [2.05, 4.69) is 62.4 Å². The van der Waals surface area contributed by atoms with Crippen molar-refractivity contribution in [3.05, 3.63) is 76.3 Å². The highest BCUT2D eigenvalue weighted by molar-refractivity contribution is 6.26. The van der Waals surface area contributed by atoms with Crippen LogP contribution in [0.5, 0.6) is 0 Å². The van der Waals surface area contributed by atoms with E-state index in [4.69, 9.17) is 4.99 Å². The van der Waals surface area contributed by atoms with Gasteiger partial charge in [-0.15, -0.1) is 0 Å². The van der Waals surface area contributed by atoms with E-state index in [0.717, 1.165) is 24.2 Å². The fourth-order valence-corrected chi connectivity index (χ4v) is 5.10. The summed E-state index contributed by atoms with van der Waals surface area (Å²) in [7, 11) is 0. The molecule has 0 spiro atoms. The van der Waals surface area contributed by atoms with Crippen LogP contribution in [0.2, 0.25) is 0 Å². The first kappa shape index (κ1) is 17.6. The maximum Gasteiger partial charge on any atom is 0.108 e. The average molecular weight is 371 g/mol. The third kappa shape index (κ3) is 2.87. The van der Waals surface area contributed by atoms with Crippen molar-refractivity contribution in [3.8, 4) is 0 Å². The summed E-state index contributed by atoms with van der Waals surface area (Å²) in [5, 5.41) is 2.56. The molecule has 28 heavy (non-hydrogen) atoms. The zero-order valence-corrected chi connectivity index (χ0v) is 16.8. The van der Waals surface area contributed by atoms with Crippen molar-refractivity contribution < 1.29 is 4.39 Å². The van der Waals surface area contributed by atoms with Crippen LogP contribution in [0.1, 0.15) is 66.3 Å². The van der Waals surface area contributed by atoms with Gasteiger partial charge in [-0.2, -0.15) is 0 Å². The molecule has 0 radical (unpaired) electrons. The highest BCUT2D eigenvalue weighted by Gasteiger charge is 2.32. The molecule has 142 valence electrons. The number of hydrogen-bond acceptors (Lipinski definition) is 1. The number of hydrogen-bond donors (Lipinski definition) is 0. The summed E-state index contributed by atoms with van der Waals surface area (Å²) in [6.07, 6.45) is 3.17. The lowest BCUT2D eigenvalue weighted by molar-refractivity contribution is 0.120. The number of nitrogens with zero attached hydrogens (tertiary/aromatic N) is 1. The fourth-order valence-electron chi connectivity index (χ4n) is 5.10. The predicted molar refractivity (Wildman–Crippen MR) is 116 cm³/mol. The second-order valence-corrected chi connectivity index (χ2v) is 8.93. The molecule has 0 bridgehead atoms. The summed E-state index contributed by atoms with van der Waals surface area (Å²) < 4.78 is 14.3. The minimum Gasteiger partial charge on any atom is -0.247 e. The molecule has 0 saturated heterocycles. The Hall–Kier alpha value is -2.48. The van der Waals surface area contributed by atoms with Gasteiger partial charge >= 0.3 is 0 Å². The summed E-state index contributed by atoms with van der Waals surface area (Å²) in [5.41, 5.74) is 7.45. The van der Waals surface area contributed by atoms with Crippen LogP contribution in [0.3, 0.4) is 0 Å². The van der Waals surface area contributed by atoms with Gasteiger partial charge in [0.2, 0.25) is 0 Å². The first-order valence-electron chi connectivity index (χ1n) is 10.3. The van der Waals surface area contributed by atoms with Crippen LogP contribution >= 0.6 is 0 Å². The SMILES string of the molecule is Cc1cc(C)cc(C2=Nc3cccc4c(C5CCC(C)(F)CC5)ccc2c34)c1. The Kier molecular flexibility index (Phi) is 3.94. The monoisotopic (exact) mass is 371 g/mol. The Balaban J connectivity index is 1.61. The van der Waals surface area contributed by atoms with Crippen LogP contribution in [0.15, 0.2) is 53.5 Å². The molecule has 0 aromatic heterocycles. The highest BCUT2D eigenvalue weighted by Crippen LogP contribution is 2.45. The number of aryl methyl sites for hydroxylation is 2. The van der Waals surface area contributed by atoms with Gasteiger partial charge in [0.05, 0.1) is 11.4 Å². The maximum absolute atomic E-state index is 14.3. The maximum atomic E-state index is 14.3. The summed E-state index contributed by atoms with van der Waals surface area (Å²) in [4.78, 5) is 5.01. The van der Waals surface area contributed by atoms with Crippen molar-refractivity contribution >= 4 is 22.2 Å². The number of aliphatic imine (C=N–C) groups is 1. The molecule has 0 unspecified atom stereocenters. The van der Waals surface area contributed by atoms with Crippen molar-refractivity contribution in [1.82, 2.24) is 0 Å². The zero-order valence-electron chi connectivity index (χ0n) is 16.8. The predicted octanol–water partition coefficient (Wildman–Crippen LogP) is 7.32. The number of rotatable bonds is 2. The molecular formula is C26H26FN. The van der Waals surface area contributed by atoms with E-state index in [1.165, 1.54) is 38.6 Å². The van der Waals surface area contributed by atoms with E-state index in [0.29, 0.717) is 18.8 Å². The van der Waals surface area contributed by atoms with E-state index in [9.17, 15) is 4.39 Å². The summed E-state index contributed by atoms with van der Waals surface area (Å²) in [6, 6.07) is 17.6. The molecule has 0 N–H and O–H groups in total. The number of halogens is 1. The van der Waals surface area contributed by atoms with Gasteiger partial charge in [0.1, 0.15) is 5.67 Å². The molecule has 2 aliphatic rings. The molecule has 1 fully saturated rings. The van der Waals surface area contributed by atoms with Crippen LogP contribution in [0.4, 0.5) is 10.1 Å². The van der Waals surface area contributed by atoms with Crippen molar-refractivity contribution in [2.45, 2.75) is 58.0 Å². The topological polar surface area (TPSA) is 12.4 Å². The minimum atomic E-state index is -0.995. The van der Waals surface area contributed by atoms with Gasteiger partial charge in [-0.25, -0.2) is 9.38 Å². The van der Waals surface area contributed by atoms with Gasteiger partial charge in [-0.05, 0) is 81.5 Å². The molecule has 5 rings (SSSR count). The molecule has 2 heteroatoms. The zero-order chi connectivity index (χ0) is 19.5. The molecule has 1 heterocycles. The standard InChI is InChI=1S/C26H26FN/c1-16-13-17(2)15-19(14-16)25-22-8-7-20(18-9-11-26(3,27)12-10-18)21-5-4-6-23(28-25)24(21)22/h4-8,13-15,18H,9-12H2,1-3H3. The minimum absolute atomic E-state index is 0.443. The molecule has 1 aliphatic heterocycles. The van der Waals surface area contributed by atoms with E-state index in [1.54, 1.807) is 6.92 Å². The van der Waals surface area contributed by atoms with E-state index in [1.807, 2.05) is 0 Å². The quantitative estimate of drug-likeness (QED) is 0.350. The van der Waals surface area contributed by atoms with E-state index >= 15 is 0 Å². The summed E-state index contributed by atoms with van der Waals surface area (Å²) >= 11 is 0. The van der Waals surface area contributed by atoms with Crippen LogP contribution < -0.4 is 0 Å². The Morgan fingerprint density at radius 3 is 2.39 bits per heavy atom. The van der Waals surface area contributed by atoms with Crippen molar-refractivity contribution in [2.24, 2.45) is 4.99 Å². The van der Waals surface area contributed by atoms with Crippen molar-refractivity contribution in [1.29, 1.82) is 0 Å². The molecule has 0 atom stereocenters. The van der Waals surface area contributed by atoms with Crippen LogP contribution in [-0.4, -0.2) is 11.4 Å². The van der Waals surface area contributed by atoms with Crippen LogP contribution in [0, 0.1) is 13.8 Å². The lowest BCUT2D eigenvalue weighted by atomic mass is 9.76. The molecule has 1 aliphatic carbocycles. The Labute approximate surface area is 166 Å². The molecule has 3 aromatic carbocycles. The number of alkyl halides is 1. The molecular weight excluding hydrogens is 345 g/mol. The van der Waals surface area contributed by atoms with E-state index in [-0.39, 0.29) is 0 Å². The third-order valence-corrected chi connectivity index (χ3v) is 6.50. The van der Waals surface area contributed by atoms with Gasteiger partial charge in [0, 0.05) is 16.5 Å². The van der Waals surface area contributed by atoms with Gasteiger partial charge in [-0.3, -0.25) is 0 Å². The summed E-state index contributed by atoms with van der Waals surface area (Å²) in [6.45, 7) is 6.03. The van der Waals surface area contributed by atoms with Crippen molar-refractivity contribution in [3.63, 3.8) is 0 Å². The average Bonchev–Trinajstić information content (AvgIpc) is 3.02. The normalized spacial score (nSPS) is 23.9.